The van der Waals surface area contributed by atoms with Crippen LogP contribution < -0.4 is 4.18 Å². The predicted molar refractivity (Wildman–Crippen MR) is 74.6 cm³/mol. The molecule has 0 aliphatic carbocycles. The van der Waals surface area contributed by atoms with Gasteiger partial charge in [-0.05, 0) is 44.0 Å². The number of rotatable bonds is 4. The van der Waals surface area contributed by atoms with Crippen molar-refractivity contribution >= 4 is 21.7 Å². The van der Waals surface area contributed by atoms with Gasteiger partial charge < -0.3 is 8.71 Å². The highest BCUT2D eigenvalue weighted by atomic mass is 35.5. The van der Waals surface area contributed by atoms with Crippen molar-refractivity contribution in [3.63, 3.8) is 0 Å². The Morgan fingerprint density at radius 1 is 1.35 bits per heavy atom. The zero-order chi connectivity index (χ0) is 14.9. The minimum Gasteiger partial charge on any atom is -0.379 e. The molecule has 1 aromatic carbocycles. The van der Waals surface area contributed by atoms with E-state index in [4.69, 9.17) is 20.3 Å². The Morgan fingerprint density at radius 3 is 2.60 bits per heavy atom. The summed E-state index contributed by atoms with van der Waals surface area (Å²) in [6.45, 7) is 5.00. The molecule has 0 amide bonds. The first kappa shape index (κ1) is 14.9. The summed E-state index contributed by atoms with van der Waals surface area (Å²) >= 11 is 5.99. The number of nitrogens with zero attached hydrogens (tertiary/aromatic N) is 1. The van der Waals surface area contributed by atoms with Crippen LogP contribution in [-0.2, 0) is 16.5 Å². The maximum Gasteiger partial charge on any atom is 0.344 e. The summed E-state index contributed by atoms with van der Waals surface area (Å²) in [4.78, 5) is -0.0366. The van der Waals surface area contributed by atoms with Crippen LogP contribution in [0.1, 0.15) is 23.9 Å². The molecule has 0 bridgehead atoms. The van der Waals surface area contributed by atoms with Crippen LogP contribution in [0.4, 0.5) is 0 Å². The van der Waals surface area contributed by atoms with Crippen LogP contribution in [0.25, 0.3) is 0 Å². The minimum absolute atomic E-state index is 0.0366. The molecule has 1 heterocycles. The van der Waals surface area contributed by atoms with Crippen LogP contribution in [0.3, 0.4) is 0 Å². The van der Waals surface area contributed by atoms with Gasteiger partial charge in [-0.1, -0.05) is 23.7 Å². The van der Waals surface area contributed by atoms with Crippen LogP contribution in [-0.4, -0.2) is 13.6 Å². The highest BCUT2D eigenvalue weighted by molar-refractivity contribution is 7.87. The van der Waals surface area contributed by atoms with Crippen molar-refractivity contribution in [2.45, 2.75) is 32.1 Å². The molecule has 0 aliphatic rings. The first-order chi connectivity index (χ1) is 9.35. The quantitative estimate of drug-likeness (QED) is 0.810. The van der Waals surface area contributed by atoms with E-state index in [2.05, 4.69) is 5.16 Å². The summed E-state index contributed by atoms with van der Waals surface area (Å²) in [7, 11) is -3.97. The largest absolute Gasteiger partial charge is 0.379 e. The Labute approximate surface area is 122 Å². The number of aryl methyl sites for hydroxylation is 3. The molecule has 108 valence electrons. The van der Waals surface area contributed by atoms with E-state index in [1.165, 1.54) is 13.0 Å². The maximum absolute atomic E-state index is 12.2. The molecule has 0 saturated heterocycles. The van der Waals surface area contributed by atoms with Gasteiger partial charge in [0.15, 0.2) is 10.7 Å². The van der Waals surface area contributed by atoms with Crippen molar-refractivity contribution in [2.75, 3.05) is 0 Å². The fourth-order valence-electron chi connectivity index (χ4n) is 1.87. The Morgan fingerprint density at radius 2 is 2.05 bits per heavy atom. The van der Waals surface area contributed by atoms with E-state index in [-0.39, 0.29) is 22.1 Å². The zero-order valence-electron chi connectivity index (χ0n) is 11.3. The van der Waals surface area contributed by atoms with E-state index in [0.29, 0.717) is 11.4 Å². The molecule has 0 unspecified atom stereocenters. The van der Waals surface area contributed by atoms with Crippen LogP contribution in [0.15, 0.2) is 27.6 Å². The van der Waals surface area contributed by atoms with Crippen molar-refractivity contribution in [1.82, 2.24) is 5.16 Å². The molecular formula is C13H14ClNO4S. The Hall–Kier alpha value is -1.53. The molecule has 2 aromatic rings. The average Bonchev–Trinajstić information content (AvgIpc) is 2.71. The van der Waals surface area contributed by atoms with Gasteiger partial charge in [-0.2, -0.15) is 8.42 Å². The van der Waals surface area contributed by atoms with Gasteiger partial charge in [0, 0.05) is 5.02 Å². The molecule has 20 heavy (non-hydrogen) atoms. The summed E-state index contributed by atoms with van der Waals surface area (Å²) in [5.41, 5.74) is 1.09. The van der Waals surface area contributed by atoms with E-state index in [1.54, 1.807) is 19.1 Å². The molecule has 0 saturated carbocycles. The lowest BCUT2D eigenvalue weighted by atomic mass is 10.2. The van der Waals surface area contributed by atoms with Gasteiger partial charge in [0.1, 0.15) is 11.4 Å². The number of benzene rings is 1. The number of halogens is 1. The second kappa shape index (κ2) is 5.46. The lowest BCUT2D eigenvalue weighted by Gasteiger charge is -2.08. The van der Waals surface area contributed by atoms with Crippen molar-refractivity contribution in [1.29, 1.82) is 0 Å². The number of aromatic nitrogens is 1. The molecule has 0 spiro atoms. The third kappa shape index (κ3) is 2.81. The van der Waals surface area contributed by atoms with Gasteiger partial charge in [0.05, 0.1) is 0 Å². The molecule has 2 rings (SSSR count). The third-order valence-corrected chi connectivity index (χ3v) is 4.69. The molecular weight excluding hydrogens is 302 g/mol. The first-order valence-corrected chi connectivity index (χ1v) is 7.79. The van der Waals surface area contributed by atoms with Gasteiger partial charge in [0.2, 0.25) is 0 Å². The molecule has 0 radical (unpaired) electrons. The van der Waals surface area contributed by atoms with Crippen LogP contribution in [0.2, 0.25) is 5.02 Å². The monoisotopic (exact) mass is 315 g/mol. The van der Waals surface area contributed by atoms with Crippen molar-refractivity contribution in [3.8, 4) is 5.75 Å². The summed E-state index contributed by atoms with van der Waals surface area (Å²) in [6.07, 6.45) is 0.682. The second-order valence-electron chi connectivity index (χ2n) is 4.30. The first-order valence-electron chi connectivity index (χ1n) is 6.01. The standard InChI is InChI=1S/C13H14ClNO4S/c1-4-10-7-11(5-6-12(10)14)19-20(16,17)13-8(2)15-18-9(13)3/h5-7H,4H2,1-3H3. The second-order valence-corrected chi connectivity index (χ2v) is 6.19. The van der Waals surface area contributed by atoms with E-state index in [0.717, 1.165) is 5.56 Å². The van der Waals surface area contributed by atoms with Gasteiger partial charge in [-0.3, -0.25) is 0 Å². The van der Waals surface area contributed by atoms with Crippen LogP contribution >= 0.6 is 11.6 Å². The van der Waals surface area contributed by atoms with Crippen LogP contribution in [0, 0.1) is 13.8 Å². The van der Waals surface area contributed by atoms with E-state index >= 15 is 0 Å². The lowest BCUT2D eigenvalue weighted by molar-refractivity contribution is 0.390. The SMILES string of the molecule is CCc1cc(OS(=O)(=O)c2c(C)noc2C)ccc1Cl. The third-order valence-electron chi connectivity index (χ3n) is 2.82. The molecule has 0 fully saturated rings. The average molecular weight is 316 g/mol. The molecule has 7 heteroatoms. The summed E-state index contributed by atoms with van der Waals surface area (Å²) in [5, 5.41) is 4.19. The summed E-state index contributed by atoms with van der Waals surface area (Å²) in [5.74, 6) is 0.415. The topological polar surface area (TPSA) is 69.4 Å². The normalized spacial score (nSPS) is 11.6. The van der Waals surface area contributed by atoms with E-state index in [1.807, 2.05) is 6.92 Å². The number of hydrogen-bond acceptors (Lipinski definition) is 5. The van der Waals surface area contributed by atoms with Gasteiger partial charge >= 0.3 is 10.1 Å². The minimum atomic E-state index is -3.97. The van der Waals surface area contributed by atoms with Gasteiger partial charge in [0.25, 0.3) is 0 Å². The molecule has 0 atom stereocenters. The van der Waals surface area contributed by atoms with Crippen molar-refractivity contribution in [2.24, 2.45) is 0 Å². The van der Waals surface area contributed by atoms with E-state index in [9.17, 15) is 8.42 Å². The molecule has 1 aromatic heterocycles. The van der Waals surface area contributed by atoms with Crippen molar-refractivity contribution < 1.29 is 17.1 Å². The Kier molecular flexibility index (Phi) is 4.06. The Bertz CT molecular complexity index is 717. The van der Waals surface area contributed by atoms with Crippen molar-refractivity contribution in [3.05, 3.63) is 40.2 Å². The number of hydrogen-bond donors (Lipinski definition) is 0. The Balaban J connectivity index is 2.39. The van der Waals surface area contributed by atoms with Crippen LogP contribution in [0.5, 0.6) is 5.75 Å². The van der Waals surface area contributed by atoms with Gasteiger partial charge in [-0.25, -0.2) is 0 Å². The lowest BCUT2D eigenvalue weighted by Crippen LogP contribution is -2.11. The highest BCUT2D eigenvalue weighted by Crippen LogP contribution is 2.27. The summed E-state index contributed by atoms with van der Waals surface area (Å²) in [6, 6.07) is 4.73. The molecule has 0 N–H and O–H groups in total. The predicted octanol–water partition coefficient (Wildman–Crippen LogP) is 3.27. The maximum atomic E-state index is 12.2. The van der Waals surface area contributed by atoms with Gasteiger partial charge in [-0.15, -0.1) is 0 Å². The highest BCUT2D eigenvalue weighted by Gasteiger charge is 2.26. The zero-order valence-corrected chi connectivity index (χ0v) is 12.9. The summed E-state index contributed by atoms with van der Waals surface area (Å²) < 4.78 is 34.4. The molecule has 5 nitrogen and oxygen atoms in total. The van der Waals surface area contributed by atoms with E-state index < -0.39 is 10.1 Å². The fourth-order valence-corrected chi connectivity index (χ4v) is 3.35. The molecule has 0 aliphatic heterocycles. The fraction of sp³-hybridized carbons (Fsp3) is 0.308. The smallest absolute Gasteiger partial charge is 0.344 e.